The van der Waals surface area contributed by atoms with Crippen molar-refractivity contribution in [2.24, 2.45) is 0 Å². The Morgan fingerprint density at radius 3 is 2.42 bits per heavy atom. The van der Waals surface area contributed by atoms with Gasteiger partial charge < -0.3 is 4.57 Å². The standard InChI is InChI=1S/C18H20N2O3S/c1-3-13(2)15-10-8-14(9-11-15)12-20-17-7-5-4-6-16(17)19-18(20)24(21,22)23/h4-11,13H,3,12H2,1-2H3,(H,21,22,23). The quantitative estimate of drug-likeness (QED) is 0.714. The summed E-state index contributed by atoms with van der Waals surface area (Å²) in [6.45, 7) is 4.65. The highest BCUT2D eigenvalue weighted by Gasteiger charge is 2.21. The maximum atomic E-state index is 11.7. The van der Waals surface area contributed by atoms with Crippen LogP contribution < -0.4 is 0 Å². The lowest BCUT2D eigenvalue weighted by atomic mass is 9.98. The lowest BCUT2D eigenvalue weighted by Crippen LogP contribution is -2.10. The molecule has 0 saturated carbocycles. The van der Waals surface area contributed by atoms with Crippen LogP contribution in [0.25, 0.3) is 11.0 Å². The van der Waals surface area contributed by atoms with E-state index in [1.54, 1.807) is 18.2 Å². The average molecular weight is 344 g/mol. The van der Waals surface area contributed by atoms with Gasteiger partial charge >= 0.3 is 10.1 Å². The van der Waals surface area contributed by atoms with Crippen LogP contribution in [-0.2, 0) is 16.7 Å². The summed E-state index contributed by atoms with van der Waals surface area (Å²) >= 11 is 0. The summed E-state index contributed by atoms with van der Waals surface area (Å²) in [6, 6.07) is 15.2. The molecule has 0 bridgehead atoms. The normalized spacial score (nSPS) is 13.3. The molecule has 126 valence electrons. The molecule has 24 heavy (non-hydrogen) atoms. The first-order chi connectivity index (χ1) is 11.4. The molecule has 0 aliphatic rings. The van der Waals surface area contributed by atoms with Gasteiger partial charge in [0.1, 0.15) is 0 Å². The maximum Gasteiger partial charge on any atom is 0.328 e. The van der Waals surface area contributed by atoms with Crippen LogP contribution in [0.5, 0.6) is 0 Å². The summed E-state index contributed by atoms with van der Waals surface area (Å²) in [5.41, 5.74) is 3.43. The molecule has 0 aliphatic carbocycles. The second-order valence-electron chi connectivity index (χ2n) is 6.00. The van der Waals surface area contributed by atoms with Crippen molar-refractivity contribution >= 4 is 21.2 Å². The molecule has 1 aromatic heterocycles. The lowest BCUT2D eigenvalue weighted by molar-refractivity contribution is 0.467. The van der Waals surface area contributed by atoms with Crippen LogP contribution >= 0.6 is 0 Å². The molecule has 0 saturated heterocycles. The average Bonchev–Trinajstić information content (AvgIpc) is 2.94. The number of nitrogens with zero attached hydrogens (tertiary/aromatic N) is 2. The van der Waals surface area contributed by atoms with Crippen molar-refractivity contribution in [3.05, 3.63) is 59.7 Å². The Morgan fingerprint density at radius 2 is 1.79 bits per heavy atom. The van der Waals surface area contributed by atoms with E-state index in [9.17, 15) is 13.0 Å². The summed E-state index contributed by atoms with van der Waals surface area (Å²) in [7, 11) is -4.39. The van der Waals surface area contributed by atoms with Gasteiger partial charge in [-0.2, -0.15) is 8.42 Å². The Hall–Kier alpha value is -2.18. The SMILES string of the molecule is CCC(C)c1ccc(Cn2c(S(=O)(=O)O)nc3ccccc32)cc1. The van der Waals surface area contributed by atoms with Crippen LogP contribution in [0.1, 0.15) is 37.3 Å². The molecule has 5 nitrogen and oxygen atoms in total. The molecule has 0 radical (unpaired) electrons. The molecule has 0 spiro atoms. The second-order valence-corrected chi connectivity index (χ2v) is 7.31. The van der Waals surface area contributed by atoms with Gasteiger partial charge in [0.2, 0.25) is 0 Å². The van der Waals surface area contributed by atoms with E-state index in [2.05, 4.69) is 31.0 Å². The molecule has 1 unspecified atom stereocenters. The van der Waals surface area contributed by atoms with Crippen molar-refractivity contribution in [1.82, 2.24) is 9.55 Å². The number of para-hydroxylation sites is 2. The predicted octanol–water partition coefficient (Wildman–Crippen LogP) is 3.84. The first-order valence-corrected chi connectivity index (χ1v) is 9.35. The molecule has 2 aromatic carbocycles. The topological polar surface area (TPSA) is 72.2 Å². The lowest BCUT2D eigenvalue weighted by Gasteiger charge is -2.11. The molecule has 3 rings (SSSR count). The zero-order valence-corrected chi connectivity index (χ0v) is 14.5. The largest absolute Gasteiger partial charge is 0.328 e. The van der Waals surface area contributed by atoms with Crippen molar-refractivity contribution < 1.29 is 13.0 Å². The Balaban J connectivity index is 2.03. The minimum absolute atomic E-state index is 0.324. The van der Waals surface area contributed by atoms with Gasteiger partial charge in [-0.1, -0.05) is 50.2 Å². The van der Waals surface area contributed by atoms with Crippen molar-refractivity contribution in [2.75, 3.05) is 0 Å². The molecule has 3 aromatic rings. The van der Waals surface area contributed by atoms with Gasteiger partial charge in [-0.05, 0) is 35.6 Å². The Bertz CT molecular complexity index is 960. The summed E-state index contributed by atoms with van der Waals surface area (Å²) in [5, 5.41) is -0.324. The molecular formula is C18H20N2O3S. The van der Waals surface area contributed by atoms with E-state index in [0.29, 0.717) is 23.5 Å². The van der Waals surface area contributed by atoms with E-state index < -0.39 is 10.1 Å². The second kappa shape index (κ2) is 6.37. The minimum Gasteiger partial charge on any atom is -0.308 e. The number of hydrogen-bond donors (Lipinski definition) is 1. The zero-order chi connectivity index (χ0) is 17.3. The van der Waals surface area contributed by atoms with Gasteiger partial charge in [-0.3, -0.25) is 4.55 Å². The number of imidazole rings is 1. The van der Waals surface area contributed by atoms with E-state index in [1.807, 2.05) is 18.2 Å². The number of hydrogen-bond acceptors (Lipinski definition) is 3. The molecule has 0 aliphatic heterocycles. The van der Waals surface area contributed by atoms with Gasteiger partial charge in [0.25, 0.3) is 5.16 Å². The Kier molecular flexibility index (Phi) is 4.43. The predicted molar refractivity (Wildman–Crippen MR) is 93.8 cm³/mol. The van der Waals surface area contributed by atoms with E-state index in [1.165, 1.54) is 10.1 Å². The van der Waals surface area contributed by atoms with Crippen molar-refractivity contribution in [2.45, 2.75) is 37.9 Å². The first-order valence-electron chi connectivity index (χ1n) is 7.91. The molecule has 1 N–H and O–H groups in total. The number of benzene rings is 2. The molecule has 1 atom stereocenters. The third-order valence-electron chi connectivity index (χ3n) is 4.35. The van der Waals surface area contributed by atoms with Crippen LogP contribution in [0, 0.1) is 0 Å². The van der Waals surface area contributed by atoms with E-state index in [4.69, 9.17) is 0 Å². The third kappa shape index (κ3) is 3.20. The van der Waals surface area contributed by atoms with E-state index >= 15 is 0 Å². The fraction of sp³-hybridized carbons (Fsp3) is 0.278. The Labute approximate surface area is 141 Å². The van der Waals surface area contributed by atoms with E-state index in [0.717, 1.165) is 12.0 Å². The molecule has 0 amide bonds. The highest BCUT2D eigenvalue weighted by molar-refractivity contribution is 7.85. The van der Waals surface area contributed by atoms with Gasteiger partial charge in [-0.25, -0.2) is 4.98 Å². The third-order valence-corrected chi connectivity index (χ3v) is 5.13. The fourth-order valence-electron chi connectivity index (χ4n) is 2.77. The van der Waals surface area contributed by atoms with Crippen LogP contribution in [0.2, 0.25) is 0 Å². The van der Waals surface area contributed by atoms with Gasteiger partial charge in [0.15, 0.2) is 0 Å². The number of aromatic nitrogens is 2. The summed E-state index contributed by atoms with van der Waals surface area (Å²) in [5.74, 6) is 0.488. The number of fused-ring (bicyclic) bond motifs is 1. The smallest absolute Gasteiger partial charge is 0.308 e. The molecule has 6 heteroatoms. The van der Waals surface area contributed by atoms with Gasteiger partial charge in [0.05, 0.1) is 17.6 Å². The molecular weight excluding hydrogens is 324 g/mol. The fourth-order valence-corrected chi connectivity index (χ4v) is 3.43. The summed E-state index contributed by atoms with van der Waals surface area (Å²) in [6.07, 6.45) is 1.07. The Morgan fingerprint density at radius 1 is 1.12 bits per heavy atom. The summed E-state index contributed by atoms with van der Waals surface area (Å²) < 4.78 is 34.4. The maximum absolute atomic E-state index is 11.7. The monoisotopic (exact) mass is 344 g/mol. The van der Waals surface area contributed by atoms with Crippen molar-refractivity contribution in [3.63, 3.8) is 0 Å². The van der Waals surface area contributed by atoms with E-state index in [-0.39, 0.29) is 5.16 Å². The van der Waals surface area contributed by atoms with Crippen LogP contribution in [0.15, 0.2) is 53.7 Å². The number of rotatable bonds is 5. The zero-order valence-electron chi connectivity index (χ0n) is 13.7. The highest BCUT2D eigenvalue weighted by Crippen LogP contribution is 2.23. The summed E-state index contributed by atoms with van der Waals surface area (Å²) in [4.78, 5) is 4.06. The highest BCUT2D eigenvalue weighted by atomic mass is 32.2. The first kappa shape index (κ1) is 16.7. The minimum atomic E-state index is -4.39. The van der Waals surface area contributed by atoms with Gasteiger partial charge in [-0.15, -0.1) is 0 Å². The van der Waals surface area contributed by atoms with Crippen LogP contribution in [-0.4, -0.2) is 22.5 Å². The van der Waals surface area contributed by atoms with Crippen LogP contribution in [0.4, 0.5) is 0 Å². The molecule has 1 heterocycles. The molecule has 0 fully saturated rings. The van der Waals surface area contributed by atoms with Crippen LogP contribution in [0.3, 0.4) is 0 Å². The van der Waals surface area contributed by atoms with Crippen molar-refractivity contribution in [3.8, 4) is 0 Å². The van der Waals surface area contributed by atoms with Crippen molar-refractivity contribution in [1.29, 1.82) is 0 Å². The van der Waals surface area contributed by atoms with Gasteiger partial charge in [0, 0.05) is 0 Å².